The lowest BCUT2D eigenvalue weighted by Crippen LogP contribution is -2.17. The number of hydrogen-bond donors (Lipinski definition) is 4. The Morgan fingerprint density at radius 2 is 1.89 bits per heavy atom. The molecule has 0 saturated heterocycles. The SMILES string of the molecule is CNCOc1nc(N)nc(Nc2ccccc2)c1N. The molecule has 0 fully saturated rings. The minimum atomic E-state index is 0.0961. The zero-order valence-corrected chi connectivity index (χ0v) is 10.6. The molecule has 0 saturated carbocycles. The summed E-state index contributed by atoms with van der Waals surface area (Å²) in [6, 6.07) is 9.52. The number of benzene rings is 1. The van der Waals surface area contributed by atoms with Crippen molar-refractivity contribution >= 4 is 23.1 Å². The van der Waals surface area contributed by atoms with Gasteiger partial charge >= 0.3 is 0 Å². The number of nitrogens with one attached hydrogen (secondary N) is 2. The van der Waals surface area contributed by atoms with Gasteiger partial charge in [0.2, 0.25) is 11.8 Å². The van der Waals surface area contributed by atoms with Crippen LogP contribution in [0.2, 0.25) is 0 Å². The van der Waals surface area contributed by atoms with Gasteiger partial charge in [0.15, 0.2) is 5.82 Å². The molecule has 0 unspecified atom stereocenters. The standard InChI is InChI=1S/C12H16N6O/c1-15-7-19-11-9(13)10(17-12(14)18-11)16-8-5-3-2-4-6-8/h2-6,15H,7,13H2,1H3,(H3,14,16,17,18). The van der Waals surface area contributed by atoms with Crippen LogP contribution in [-0.2, 0) is 0 Å². The molecule has 7 heteroatoms. The molecule has 2 aromatic rings. The van der Waals surface area contributed by atoms with Gasteiger partial charge in [-0.1, -0.05) is 18.2 Å². The lowest BCUT2D eigenvalue weighted by Gasteiger charge is -2.12. The molecule has 1 aromatic heterocycles. The van der Waals surface area contributed by atoms with Crippen LogP contribution >= 0.6 is 0 Å². The van der Waals surface area contributed by atoms with Crippen LogP contribution in [0.25, 0.3) is 0 Å². The van der Waals surface area contributed by atoms with Crippen molar-refractivity contribution in [1.82, 2.24) is 15.3 Å². The highest BCUT2D eigenvalue weighted by atomic mass is 16.5. The first-order chi connectivity index (χ1) is 9.20. The number of nitrogens with two attached hydrogens (primary N) is 2. The van der Waals surface area contributed by atoms with Gasteiger partial charge in [-0.25, -0.2) is 0 Å². The van der Waals surface area contributed by atoms with Crippen molar-refractivity contribution in [3.63, 3.8) is 0 Å². The Bertz CT molecular complexity index is 545. The predicted octanol–water partition coefficient (Wildman–Crippen LogP) is 0.940. The molecule has 1 aromatic carbocycles. The summed E-state index contributed by atoms with van der Waals surface area (Å²) in [5, 5.41) is 5.91. The molecule has 0 aliphatic carbocycles. The highest BCUT2D eigenvalue weighted by Gasteiger charge is 2.11. The molecule has 100 valence electrons. The van der Waals surface area contributed by atoms with Crippen molar-refractivity contribution in [2.75, 3.05) is 30.6 Å². The minimum absolute atomic E-state index is 0.0961. The topological polar surface area (TPSA) is 111 Å². The molecule has 0 aliphatic heterocycles. The number of nitrogens with zero attached hydrogens (tertiary/aromatic N) is 2. The maximum absolute atomic E-state index is 5.94. The van der Waals surface area contributed by atoms with E-state index in [2.05, 4.69) is 20.6 Å². The fourth-order valence-electron chi connectivity index (χ4n) is 1.47. The molecule has 0 atom stereocenters. The summed E-state index contributed by atoms with van der Waals surface area (Å²) in [5.74, 6) is 0.767. The van der Waals surface area contributed by atoms with Crippen LogP contribution in [0.5, 0.6) is 5.88 Å². The molecule has 2 rings (SSSR count). The van der Waals surface area contributed by atoms with E-state index in [1.165, 1.54) is 0 Å². The first-order valence-electron chi connectivity index (χ1n) is 5.73. The number of nitrogen functional groups attached to an aromatic ring is 2. The third kappa shape index (κ3) is 3.23. The summed E-state index contributed by atoms with van der Waals surface area (Å²) < 4.78 is 5.34. The molecular weight excluding hydrogens is 244 g/mol. The maximum Gasteiger partial charge on any atom is 0.245 e. The Hall–Kier alpha value is -2.54. The van der Waals surface area contributed by atoms with Crippen molar-refractivity contribution in [3.05, 3.63) is 30.3 Å². The second-order valence-electron chi connectivity index (χ2n) is 3.78. The summed E-state index contributed by atoms with van der Waals surface area (Å²) in [7, 11) is 1.75. The Balaban J connectivity index is 2.27. The highest BCUT2D eigenvalue weighted by Crippen LogP contribution is 2.28. The fraction of sp³-hybridized carbons (Fsp3) is 0.167. The molecule has 1 heterocycles. The Morgan fingerprint density at radius 1 is 1.16 bits per heavy atom. The quantitative estimate of drug-likeness (QED) is 0.592. The van der Waals surface area contributed by atoms with Crippen molar-refractivity contribution in [2.45, 2.75) is 0 Å². The van der Waals surface area contributed by atoms with Gasteiger partial charge < -0.3 is 21.5 Å². The maximum atomic E-state index is 5.94. The Morgan fingerprint density at radius 3 is 2.58 bits per heavy atom. The zero-order chi connectivity index (χ0) is 13.7. The molecular formula is C12H16N6O. The van der Waals surface area contributed by atoms with Crippen molar-refractivity contribution in [3.8, 4) is 5.88 Å². The normalized spacial score (nSPS) is 10.2. The van der Waals surface area contributed by atoms with Crippen LogP contribution in [0.15, 0.2) is 30.3 Å². The van der Waals surface area contributed by atoms with Gasteiger partial charge in [0, 0.05) is 5.69 Å². The second-order valence-corrected chi connectivity index (χ2v) is 3.78. The number of rotatable bonds is 5. The van der Waals surface area contributed by atoms with Gasteiger partial charge in [-0.15, -0.1) is 0 Å². The Labute approximate surface area is 111 Å². The summed E-state index contributed by atoms with van der Waals surface area (Å²) >= 11 is 0. The number of hydrogen-bond acceptors (Lipinski definition) is 7. The zero-order valence-electron chi connectivity index (χ0n) is 10.6. The lowest BCUT2D eigenvalue weighted by atomic mass is 10.3. The molecule has 19 heavy (non-hydrogen) atoms. The van der Waals surface area contributed by atoms with E-state index in [0.717, 1.165) is 5.69 Å². The number of para-hydroxylation sites is 1. The monoisotopic (exact) mass is 260 g/mol. The van der Waals surface area contributed by atoms with Gasteiger partial charge in [-0.05, 0) is 19.2 Å². The average Bonchev–Trinajstić information content (AvgIpc) is 2.42. The van der Waals surface area contributed by atoms with Crippen LogP contribution in [0, 0.1) is 0 Å². The molecule has 0 radical (unpaired) electrons. The molecule has 6 N–H and O–H groups in total. The summed E-state index contributed by atoms with van der Waals surface area (Å²) in [6.45, 7) is 0.283. The van der Waals surface area contributed by atoms with E-state index in [0.29, 0.717) is 11.5 Å². The van der Waals surface area contributed by atoms with Crippen molar-refractivity contribution in [1.29, 1.82) is 0 Å². The van der Waals surface area contributed by atoms with E-state index in [1.807, 2.05) is 30.3 Å². The van der Waals surface area contributed by atoms with Crippen LogP contribution in [0.4, 0.5) is 23.1 Å². The molecule has 0 spiro atoms. The first kappa shape index (κ1) is 12.9. The van der Waals surface area contributed by atoms with Gasteiger partial charge in [-0.3, -0.25) is 5.32 Å². The van der Waals surface area contributed by atoms with E-state index >= 15 is 0 Å². The van der Waals surface area contributed by atoms with Crippen LogP contribution in [0.1, 0.15) is 0 Å². The van der Waals surface area contributed by atoms with Gasteiger partial charge in [0.1, 0.15) is 12.4 Å². The van der Waals surface area contributed by atoms with E-state index < -0.39 is 0 Å². The van der Waals surface area contributed by atoms with Gasteiger partial charge in [-0.2, -0.15) is 9.97 Å². The largest absolute Gasteiger partial charge is 0.460 e. The number of ether oxygens (including phenoxy) is 1. The van der Waals surface area contributed by atoms with E-state index in [9.17, 15) is 0 Å². The van der Waals surface area contributed by atoms with Gasteiger partial charge in [0.05, 0.1) is 0 Å². The minimum Gasteiger partial charge on any atom is -0.460 e. The lowest BCUT2D eigenvalue weighted by molar-refractivity contribution is 0.287. The average molecular weight is 260 g/mol. The summed E-state index contributed by atoms with van der Waals surface area (Å²) in [5.41, 5.74) is 12.7. The second kappa shape index (κ2) is 5.87. The molecule has 7 nitrogen and oxygen atoms in total. The summed E-state index contributed by atoms with van der Waals surface area (Å²) in [4.78, 5) is 8.02. The molecule has 0 bridgehead atoms. The van der Waals surface area contributed by atoms with Crippen LogP contribution in [0.3, 0.4) is 0 Å². The predicted molar refractivity (Wildman–Crippen MR) is 75.1 cm³/mol. The van der Waals surface area contributed by atoms with Gasteiger partial charge in [0.25, 0.3) is 0 Å². The fourth-order valence-corrected chi connectivity index (χ4v) is 1.47. The van der Waals surface area contributed by atoms with E-state index in [1.54, 1.807) is 7.05 Å². The van der Waals surface area contributed by atoms with Crippen molar-refractivity contribution < 1.29 is 4.74 Å². The van der Waals surface area contributed by atoms with E-state index in [-0.39, 0.29) is 18.6 Å². The third-order valence-electron chi connectivity index (χ3n) is 2.32. The first-order valence-corrected chi connectivity index (χ1v) is 5.73. The highest BCUT2D eigenvalue weighted by molar-refractivity contribution is 5.73. The Kier molecular flexibility index (Phi) is 3.99. The molecule has 0 amide bonds. The third-order valence-corrected chi connectivity index (χ3v) is 2.32. The molecule has 0 aliphatic rings. The number of anilines is 4. The van der Waals surface area contributed by atoms with Crippen molar-refractivity contribution in [2.24, 2.45) is 0 Å². The van der Waals surface area contributed by atoms with E-state index in [4.69, 9.17) is 16.2 Å². The van der Waals surface area contributed by atoms with Crippen LogP contribution < -0.4 is 26.8 Å². The number of aromatic nitrogens is 2. The summed E-state index contributed by atoms with van der Waals surface area (Å²) in [6.07, 6.45) is 0. The smallest absolute Gasteiger partial charge is 0.245 e. The van der Waals surface area contributed by atoms with Crippen LogP contribution in [-0.4, -0.2) is 23.7 Å².